The van der Waals surface area contributed by atoms with Crippen LogP contribution in [-0.4, -0.2) is 25.5 Å². The van der Waals surface area contributed by atoms with Crippen LogP contribution in [0, 0.1) is 5.82 Å². The highest BCUT2D eigenvalue weighted by molar-refractivity contribution is 5.94. The van der Waals surface area contributed by atoms with E-state index in [1.54, 1.807) is 0 Å². The van der Waals surface area contributed by atoms with E-state index in [4.69, 9.17) is 0 Å². The van der Waals surface area contributed by atoms with Gasteiger partial charge in [0.2, 0.25) is 0 Å². The second-order valence-electron chi connectivity index (χ2n) is 4.17. The van der Waals surface area contributed by atoms with Crippen LogP contribution >= 0.6 is 12.4 Å². The molecule has 0 saturated carbocycles. The minimum absolute atomic E-state index is 0. The summed E-state index contributed by atoms with van der Waals surface area (Å²) in [5.41, 5.74) is -2.04. The smallest absolute Gasteiger partial charge is 0.351 e. The Morgan fingerprint density at radius 2 is 1.86 bits per heavy atom. The highest BCUT2D eigenvalue weighted by Crippen LogP contribution is 2.32. The molecule has 0 saturated heterocycles. The van der Waals surface area contributed by atoms with Gasteiger partial charge in [-0.15, -0.1) is 12.4 Å². The lowest BCUT2D eigenvalue weighted by Crippen LogP contribution is -2.32. The number of carbonyl (C=O) groups is 1. The van der Waals surface area contributed by atoms with E-state index in [9.17, 15) is 22.4 Å². The molecule has 0 aromatic heterocycles. The van der Waals surface area contributed by atoms with E-state index < -0.39 is 29.0 Å². The summed E-state index contributed by atoms with van der Waals surface area (Å²) in [7, 11) is 0. The molecule has 0 spiro atoms. The molecule has 1 rings (SSSR count). The van der Waals surface area contributed by atoms with Crippen molar-refractivity contribution in [3.8, 4) is 0 Å². The van der Waals surface area contributed by atoms with Gasteiger partial charge in [0.1, 0.15) is 5.82 Å². The van der Waals surface area contributed by atoms with Crippen molar-refractivity contribution < 1.29 is 22.4 Å². The second-order valence-corrected chi connectivity index (χ2v) is 4.17. The molecule has 0 unspecified atom stereocenters. The van der Waals surface area contributed by atoms with E-state index in [-0.39, 0.29) is 19.0 Å². The molecule has 1 aromatic rings. The topological polar surface area (TPSA) is 41.1 Å². The van der Waals surface area contributed by atoms with Crippen molar-refractivity contribution in [1.29, 1.82) is 0 Å². The van der Waals surface area contributed by atoms with Gasteiger partial charge in [0.15, 0.2) is 0 Å². The summed E-state index contributed by atoms with van der Waals surface area (Å²) < 4.78 is 51.2. The molecular weight excluding hydrogens is 312 g/mol. The van der Waals surface area contributed by atoms with Crippen LogP contribution in [-0.2, 0) is 6.18 Å². The van der Waals surface area contributed by atoms with Gasteiger partial charge in [-0.05, 0) is 25.1 Å². The number of amides is 1. The van der Waals surface area contributed by atoms with Crippen LogP contribution in [0.5, 0.6) is 0 Å². The molecule has 8 heteroatoms. The summed E-state index contributed by atoms with van der Waals surface area (Å²) in [6.07, 6.45) is -3.89. The minimum atomic E-state index is -4.82. The standard InChI is InChI=1S/C13H16F4N2O.ClH/c1-2-6-18-7-8-19-12(20)9-4-3-5-10(11(9)14)13(15,16)17;/h3-5,18H,2,6-8H2,1H3,(H,19,20);1H. The Bertz CT molecular complexity index is 466. The summed E-state index contributed by atoms with van der Waals surface area (Å²) in [4.78, 5) is 11.6. The Kier molecular flexibility index (Phi) is 8.27. The molecule has 0 heterocycles. The SMILES string of the molecule is CCCNCCNC(=O)c1cccc(C(F)(F)F)c1F.Cl. The molecule has 0 aliphatic rings. The van der Waals surface area contributed by atoms with Crippen LogP contribution < -0.4 is 10.6 Å². The predicted molar refractivity (Wildman–Crippen MR) is 74.1 cm³/mol. The number of nitrogens with one attached hydrogen (secondary N) is 2. The van der Waals surface area contributed by atoms with Gasteiger partial charge in [-0.3, -0.25) is 4.79 Å². The molecule has 0 bridgehead atoms. The summed E-state index contributed by atoms with van der Waals surface area (Å²) in [5, 5.41) is 5.37. The van der Waals surface area contributed by atoms with Gasteiger partial charge in [-0.2, -0.15) is 13.2 Å². The van der Waals surface area contributed by atoms with E-state index in [2.05, 4.69) is 10.6 Å². The Morgan fingerprint density at radius 1 is 1.19 bits per heavy atom. The first kappa shape index (κ1) is 19.7. The largest absolute Gasteiger partial charge is 0.419 e. The van der Waals surface area contributed by atoms with Gasteiger partial charge < -0.3 is 10.6 Å². The number of halogens is 5. The van der Waals surface area contributed by atoms with E-state index in [0.717, 1.165) is 25.1 Å². The maximum atomic E-state index is 13.7. The lowest BCUT2D eigenvalue weighted by atomic mass is 10.1. The lowest BCUT2D eigenvalue weighted by Gasteiger charge is -2.11. The van der Waals surface area contributed by atoms with Crippen molar-refractivity contribution in [2.75, 3.05) is 19.6 Å². The fraction of sp³-hybridized carbons (Fsp3) is 0.462. The van der Waals surface area contributed by atoms with Crippen molar-refractivity contribution >= 4 is 18.3 Å². The van der Waals surface area contributed by atoms with Crippen molar-refractivity contribution in [2.45, 2.75) is 19.5 Å². The van der Waals surface area contributed by atoms with E-state index in [1.165, 1.54) is 0 Å². The zero-order chi connectivity index (χ0) is 15.2. The van der Waals surface area contributed by atoms with Crippen molar-refractivity contribution in [3.05, 3.63) is 35.1 Å². The Morgan fingerprint density at radius 3 is 2.43 bits per heavy atom. The van der Waals surface area contributed by atoms with Crippen molar-refractivity contribution in [1.82, 2.24) is 10.6 Å². The average molecular weight is 329 g/mol. The van der Waals surface area contributed by atoms with Gasteiger partial charge in [0.05, 0.1) is 11.1 Å². The zero-order valence-electron chi connectivity index (χ0n) is 11.4. The summed E-state index contributed by atoms with van der Waals surface area (Å²) >= 11 is 0. The highest BCUT2D eigenvalue weighted by atomic mass is 35.5. The number of alkyl halides is 3. The number of hydrogen-bond acceptors (Lipinski definition) is 2. The van der Waals surface area contributed by atoms with E-state index in [0.29, 0.717) is 12.6 Å². The van der Waals surface area contributed by atoms with Gasteiger partial charge in [-0.1, -0.05) is 13.0 Å². The third-order valence-corrected chi connectivity index (χ3v) is 2.56. The molecule has 0 atom stereocenters. The van der Waals surface area contributed by atoms with Crippen LogP contribution in [0.4, 0.5) is 17.6 Å². The molecule has 1 aromatic carbocycles. The summed E-state index contributed by atoms with van der Waals surface area (Å²) in [5.74, 6) is -2.40. The van der Waals surface area contributed by atoms with Crippen LogP contribution in [0.2, 0.25) is 0 Å². The van der Waals surface area contributed by atoms with E-state index >= 15 is 0 Å². The lowest BCUT2D eigenvalue weighted by molar-refractivity contribution is -0.140. The van der Waals surface area contributed by atoms with Crippen molar-refractivity contribution in [3.63, 3.8) is 0 Å². The van der Waals surface area contributed by atoms with Crippen LogP contribution in [0.3, 0.4) is 0 Å². The first-order chi connectivity index (χ1) is 9.38. The maximum Gasteiger partial charge on any atom is 0.419 e. The molecule has 0 fully saturated rings. The van der Waals surface area contributed by atoms with Crippen LogP contribution in [0.25, 0.3) is 0 Å². The molecule has 0 radical (unpaired) electrons. The quantitative estimate of drug-likeness (QED) is 0.622. The first-order valence-corrected chi connectivity index (χ1v) is 6.22. The van der Waals surface area contributed by atoms with E-state index in [1.807, 2.05) is 6.92 Å². The Balaban J connectivity index is 0.00000400. The Labute approximate surface area is 126 Å². The molecule has 0 aliphatic heterocycles. The number of benzene rings is 1. The summed E-state index contributed by atoms with van der Waals surface area (Å²) in [6.45, 7) is 3.44. The van der Waals surface area contributed by atoms with Gasteiger partial charge in [0, 0.05) is 13.1 Å². The number of carbonyl (C=O) groups excluding carboxylic acids is 1. The number of rotatable bonds is 6. The van der Waals surface area contributed by atoms with Crippen LogP contribution in [0.1, 0.15) is 29.3 Å². The highest BCUT2D eigenvalue weighted by Gasteiger charge is 2.35. The molecule has 21 heavy (non-hydrogen) atoms. The average Bonchev–Trinajstić information content (AvgIpc) is 2.37. The predicted octanol–water partition coefficient (Wildman–Crippen LogP) is 3.00. The van der Waals surface area contributed by atoms with Gasteiger partial charge in [0.25, 0.3) is 5.91 Å². The van der Waals surface area contributed by atoms with Crippen molar-refractivity contribution in [2.24, 2.45) is 0 Å². The molecule has 0 aliphatic carbocycles. The normalized spacial score (nSPS) is 10.9. The maximum absolute atomic E-state index is 13.7. The summed E-state index contributed by atoms with van der Waals surface area (Å²) in [6, 6.07) is 2.64. The monoisotopic (exact) mass is 328 g/mol. The van der Waals surface area contributed by atoms with Crippen LogP contribution in [0.15, 0.2) is 18.2 Å². The fourth-order valence-corrected chi connectivity index (χ4v) is 1.59. The first-order valence-electron chi connectivity index (χ1n) is 6.22. The zero-order valence-corrected chi connectivity index (χ0v) is 12.2. The minimum Gasteiger partial charge on any atom is -0.351 e. The molecular formula is C13H17ClF4N2O. The molecule has 1 amide bonds. The molecule has 120 valence electrons. The third-order valence-electron chi connectivity index (χ3n) is 2.56. The second kappa shape index (κ2) is 8.84. The molecule has 2 N–H and O–H groups in total. The Hall–Kier alpha value is -1.34. The number of hydrogen-bond donors (Lipinski definition) is 2. The van der Waals surface area contributed by atoms with Gasteiger partial charge >= 0.3 is 6.18 Å². The van der Waals surface area contributed by atoms with Gasteiger partial charge in [-0.25, -0.2) is 4.39 Å². The third kappa shape index (κ3) is 5.89. The molecule has 3 nitrogen and oxygen atoms in total. The fourth-order valence-electron chi connectivity index (χ4n) is 1.59.